The zero-order valence-corrected chi connectivity index (χ0v) is 14.8. The summed E-state index contributed by atoms with van der Waals surface area (Å²) in [7, 11) is 0. The minimum absolute atomic E-state index is 0.196. The number of carbonyl (C=O) groups excluding carboxylic acids is 4. The molecule has 1 fully saturated rings. The third kappa shape index (κ3) is 5.59. The predicted octanol–water partition coefficient (Wildman–Crippen LogP) is -0.687. The van der Waals surface area contributed by atoms with E-state index in [2.05, 4.69) is 15.5 Å². The van der Waals surface area contributed by atoms with Crippen LogP contribution >= 0.6 is 0 Å². The SMILES string of the molecule is CC(=O)[C@H](CC(N)=O)NC(=O)[C@H](C)NC(=O)C1CCCN1C(C)C. The Morgan fingerprint density at radius 3 is 2.29 bits per heavy atom. The zero-order valence-electron chi connectivity index (χ0n) is 14.8. The molecule has 1 saturated heterocycles. The first-order valence-electron chi connectivity index (χ1n) is 8.28. The van der Waals surface area contributed by atoms with Gasteiger partial charge in [0.2, 0.25) is 17.7 Å². The molecule has 0 bridgehead atoms. The molecule has 136 valence electrons. The molecule has 24 heavy (non-hydrogen) atoms. The van der Waals surface area contributed by atoms with Crippen LogP contribution in [0.2, 0.25) is 0 Å². The van der Waals surface area contributed by atoms with Crippen molar-refractivity contribution in [3.63, 3.8) is 0 Å². The van der Waals surface area contributed by atoms with Crippen molar-refractivity contribution >= 4 is 23.5 Å². The van der Waals surface area contributed by atoms with Gasteiger partial charge in [0.05, 0.1) is 18.5 Å². The standard InChI is InChI=1S/C16H28N4O4/c1-9(2)20-7-5-6-13(20)16(24)18-10(3)15(23)19-12(11(4)21)8-14(17)22/h9-10,12-13H,5-8H2,1-4H3,(H2,17,22)(H,18,24)(H,19,23)/t10-,12-,13?/m0/s1. The molecule has 0 aromatic rings. The molecule has 1 heterocycles. The van der Waals surface area contributed by atoms with Gasteiger partial charge >= 0.3 is 0 Å². The summed E-state index contributed by atoms with van der Waals surface area (Å²) in [5.41, 5.74) is 5.07. The fourth-order valence-corrected chi connectivity index (χ4v) is 2.86. The van der Waals surface area contributed by atoms with Crippen molar-refractivity contribution < 1.29 is 19.2 Å². The Balaban J connectivity index is 2.61. The number of rotatable bonds is 8. The fourth-order valence-electron chi connectivity index (χ4n) is 2.86. The smallest absolute Gasteiger partial charge is 0.242 e. The van der Waals surface area contributed by atoms with Crippen LogP contribution in [0, 0.1) is 0 Å². The number of nitrogens with two attached hydrogens (primary N) is 1. The second-order valence-corrected chi connectivity index (χ2v) is 6.56. The molecule has 1 unspecified atom stereocenters. The molecule has 8 heteroatoms. The molecule has 1 aliphatic heterocycles. The Bertz CT molecular complexity index is 506. The molecule has 8 nitrogen and oxygen atoms in total. The van der Waals surface area contributed by atoms with Gasteiger partial charge in [0.15, 0.2) is 5.78 Å². The maximum Gasteiger partial charge on any atom is 0.242 e. The lowest BCUT2D eigenvalue weighted by Gasteiger charge is -2.28. The third-order valence-corrected chi connectivity index (χ3v) is 4.22. The van der Waals surface area contributed by atoms with Gasteiger partial charge in [-0.2, -0.15) is 0 Å². The average molecular weight is 340 g/mol. The van der Waals surface area contributed by atoms with Crippen LogP contribution in [-0.4, -0.2) is 59.1 Å². The normalized spacial score (nSPS) is 20.5. The molecule has 1 aliphatic rings. The topological polar surface area (TPSA) is 122 Å². The first-order valence-corrected chi connectivity index (χ1v) is 8.28. The number of nitrogens with zero attached hydrogens (tertiary/aromatic N) is 1. The number of carbonyl (C=O) groups is 4. The Morgan fingerprint density at radius 1 is 1.17 bits per heavy atom. The summed E-state index contributed by atoms with van der Waals surface area (Å²) < 4.78 is 0. The Morgan fingerprint density at radius 2 is 1.79 bits per heavy atom. The van der Waals surface area contributed by atoms with E-state index in [0.29, 0.717) is 0 Å². The maximum atomic E-state index is 12.4. The van der Waals surface area contributed by atoms with E-state index in [1.54, 1.807) is 6.92 Å². The summed E-state index contributed by atoms with van der Waals surface area (Å²) in [6.07, 6.45) is 1.45. The van der Waals surface area contributed by atoms with Crippen LogP contribution in [0.25, 0.3) is 0 Å². The van der Waals surface area contributed by atoms with Gasteiger partial charge in [0.1, 0.15) is 6.04 Å². The number of nitrogens with one attached hydrogen (secondary N) is 2. The van der Waals surface area contributed by atoms with E-state index in [1.807, 2.05) is 13.8 Å². The number of hydrogen-bond acceptors (Lipinski definition) is 5. The number of primary amides is 1. The summed E-state index contributed by atoms with van der Waals surface area (Å²) in [6.45, 7) is 7.74. The van der Waals surface area contributed by atoms with Crippen LogP contribution < -0.4 is 16.4 Å². The minimum atomic E-state index is -0.965. The molecule has 0 aliphatic carbocycles. The summed E-state index contributed by atoms with van der Waals surface area (Å²) in [4.78, 5) is 49.1. The molecule has 4 N–H and O–H groups in total. The Hall–Kier alpha value is -1.96. The van der Waals surface area contributed by atoms with Gasteiger partial charge in [0.25, 0.3) is 0 Å². The van der Waals surface area contributed by atoms with Crippen LogP contribution in [0.4, 0.5) is 0 Å². The van der Waals surface area contributed by atoms with Crippen molar-refractivity contribution in [3.05, 3.63) is 0 Å². The predicted molar refractivity (Wildman–Crippen MR) is 88.9 cm³/mol. The van der Waals surface area contributed by atoms with E-state index in [0.717, 1.165) is 19.4 Å². The monoisotopic (exact) mass is 340 g/mol. The highest BCUT2D eigenvalue weighted by molar-refractivity contribution is 5.94. The van der Waals surface area contributed by atoms with E-state index in [4.69, 9.17) is 5.73 Å². The van der Waals surface area contributed by atoms with Gasteiger partial charge in [-0.3, -0.25) is 24.1 Å². The van der Waals surface area contributed by atoms with Crippen LogP contribution in [0.5, 0.6) is 0 Å². The highest BCUT2D eigenvalue weighted by Gasteiger charge is 2.33. The zero-order chi connectivity index (χ0) is 18.4. The molecule has 0 radical (unpaired) electrons. The van der Waals surface area contributed by atoms with Crippen LogP contribution in [-0.2, 0) is 19.2 Å². The third-order valence-electron chi connectivity index (χ3n) is 4.22. The van der Waals surface area contributed by atoms with Crippen molar-refractivity contribution in [1.82, 2.24) is 15.5 Å². The summed E-state index contributed by atoms with van der Waals surface area (Å²) >= 11 is 0. The highest BCUT2D eigenvalue weighted by atomic mass is 16.2. The average Bonchev–Trinajstić information content (AvgIpc) is 2.95. The summed E-state index contributed by atoms with van der Waals surface area (Å²) in [6, 6.07) is -1.76. The van der Waals surface area contributed by atoms with Gasteiger partial charge in [-0.1, -0.05) is 0 Å². The van der Waals surface area contributed by atoms with Gasteiger partial charge in [-0.25, -0.2) is 0 Å². The lowest BCUT2D eigenvalue weighted by Crippen LogP contribution is -2.54. The number of amides is 3. The van der Waals surface area contributed by atoms with Crippen LogP contribution in [0.3, 0.4) is 0 Å². The second-order valence-electron chi connectivity index (χ2n) is 6.56. The van der Waals surface area contributed by atoms with Crippen molar-refractivity contribution in [2.75, 3.05) is 6.54 Å². The van der Waals surface area contributed by atoms with E-state index >= 15 is 0 Å². The molecule has 0 saturated carbocycles. The Kier molecular flexibility index (Phi) is 7.34. The number of likely N-dealkylation sites (tertiary alicyclic amines) is 1. The first kappa shape index (κ1) is 20.1. The van der Waals surface area contributed by atoms with Crippen molar-refractivity contribution in [2.45, 2.75) is 71.1 Å². The van der Waals surface area contributed by atoms with Gasteiger partial charge in [-0.05, 0) is 47.1 Å². The second kappa shape index (κ2) is 8.77. The number of hydrogen-bond donors (Lipinski definition) is 3. The van der Waals surface area contributed by atoms with E-state index < -0.39 is 23.9 Å². The van der Waals surface area contributed by atoms with Gasteiger partial charge < -0.3 is 16.4 Å². The molecular weight excluding hydrogens is 312 g/mol. The molecule has 1 rings (SSSR count). The molecule has 0 aromatic carbocycles. The molecular formula is C16H28N4O4. The molecule has 0 spiro atoms. The lowest BCUT2D eigenvalue weighted by atomic mass is 10.1. The fraction of sp³-hybridized carbons (Fsp3) is 0.750. The van der Waals surface area contributed by atoms with E-state index in [9.17, 15) is 19.2 Å². The summed E-state index contributed by atoms with van der Waals surface area (Å²) in [5.74, 6) is -1.75. The van der Waals surface area contributed by atoms with Gasteiger partial charge in [0, 0.05) is 6.04 Å². The van der Waals surface area contributed by atoms with Crippen molar-refractivity contribution in [2.24, 2.45) is 5.73 Å². The quantitative estimate of drug-likeness (QED) is 0.540. The number of ketones is 1. The largest absolute Gasteiger partial charge is 0.370 e. The van der Waals surface area contributed by atoms with Crippen molar-refractivity contribution in [3.8, 4) is 0 Å². The molecule has 3 amide bonds. The first-order chi connectivity index (χ1) is 11.1. The van der Waals surface area contributed by atoms with Crippen molar-refractivity contribution in [1.29, 1.82) is 0 Å². The van der Waals surface area contributed by atoms with E-state index in [-0.39, 0.29) is 30.2 Å². The maximum absolute atomic E-state index is 12.4. The Labute approximate surface area is 142 Å². The molecule has 0 aromatic heterocycles. The van der Waals surface area contributed by atoms with Crippen LogP contribution in [0.15, 0.2) is 0 Å². The van der Waals surface area contributed by atoms with Gasteiger partial charge in [-0.15, -0.1) is 0 Å². The lowest BCUT2D eigenvalue weighted by molar-refractivity contribution is -0.133. The van der Waals surface area contributed by atoms with E-state index in [1.165, 1.54) is 6.92 Å². The summed E-state index contributed by atoms with van der Waals surface area (Å²) in [5, 5.41) is 5.14. The number of Topliss-reactive ketones (excluding diaryl/α,β-unsaturated/α-hetero) is 1. The molecule has 3 atom stereocenters. The minimum Gasteiger partial charge on any atom is -0.370 e. The van der Waals surface area contributed by atoms with Crippen LogP contribution in [0.1, 0.15) is 47.0 Å². The highest BCUT2D eigenvalue weighted by Crippen LogP contribution is 2.20.